The molecule has 0 N–H and O–H groups in total. The number of rotatable bonds is 5. The third-order valence-electron chi connectivity index (χ3n) is 2.21. The topological polar surface area (TPSA) is 9.23 Å². The Morgan fingerprint density at radius 1 is 1.40 bits per heavy atom. The van der Waals surface area contributed by atoms with Crippen LogP contribution in [-0.2, 0) is 25.2 Å². The van der Waals surface area contributed by atoms with Gasteiger partial charge in [0, 0.05) is 0 Å². The van der Waals surface area contributed by atoms with Gasteiger partial charge >= 0.3 is 92.6 Å². The first-order valence-electron chi connectivity index (χ1n) is 5.02. The van der Waals surface area contributed by atoms with Crippen molar-refractivity contribution in [3.05, 3.63) is 21.6 Å². The first kappa shape index (κ1) is 18.1. The Hall–Kier alpha value is 0.734. The molecule has 85 valence electrons. The van der Waals surface area contributed by atoms with Crippen LogP contribution < -0.4 is 24.8 Å². The Morgan fingerprint density at radius 2 is 2.07 bits per heavy atom. The molecule has 1 aliphatic rings. The van der Waals surface area contributed by atoms with E-state index in [1.54, 1.807) is 0 Å². The summed E-state index contributed by atoms with van der Waals surface area (Å²) in [6.07, 6.45) is 8.07. The first-order valence-corrected chi connectivity index (χ1v) is 5.80. The molecule has 0 aromatic heterocycles. The molecule has 4 heteroatoms. The van der Waals surface area contributed by atoms with Gasteiger partial charge < -0.3 is 24.8 Å². The third-order valence-corrected chi connectivity index (χ3v) is 2.98. The average molecular weight is 284 g/mol. The normalized spacial score (nSPS) is 16.0. The fraction of sp³-hybridized carbons (Fsp3) is 0.636. The zero-order valence-electron chi connectivity index (χ0n) is 9.22. The summed E-state index contributed by atoms with van der Waals surface area (Å²) >= 11 is 2.20. The predicted molar refractivity (Wildman–Crippen MR) is 51.1 cm³/mol. The molecule has 0 saturated heterocycles. The van der Waals surface area contributed by atoms with Gasteiger partial charge in [0.15, 0.2) is 0 Å². The van der Waals surface area contributed by atoms with Crippen molar-refractivity contribution < 1.29 is 50.0 Å². The van der Waals surface area contributed by atoms with Gasteiger partial charge in [-0.3, -0.25) is 0 Å². The summed E-state index contributed by atoms with van der Waals surface area (Å²) < 4.78 is 7.26. The molecule has 0 aliphatic heterocycles. The quantitative estimate of drug-likeness (QED) is 0.488. The molecule has 0 radical (unpaired) electrons. The van der Waals surface area contributed by atoms with Gasteiger partial charge in [0.25, 0.3) is 0 Å². The molecule has 1 rings (SSSR count). The molecule has 0 saturated carbocycles. The minimum atomic E-state index is 0. The molecule has 0 heterocycles. The van der Waals surface area contributed by atoms with Crippen LogP contribution in [0.15, 0.2) is 21.6 Å². The van der Waals surface area contributed by atoms with E-state index in [1.165, 1.54) is 9.45 Å². The molecule has 1 atom stereocenters. The van der Waals surface area contributed by atoms with Gasteiger partial charge in [0.05, 0.1) is 0 Å². The molecular formula is C11H17Cl2OTi. The Kier molecular flexibility index (Phi) is 12.0. The molecule has 0 bridgehead atoms. The number of ether oxygens (including phenoxy) is 1. The minimum absolute atomic E-state index is 0. The number of allylic oxidation sites excluding steroid dienone is 2. The largest absolute Gasteiger partial charge is 1.00 e. The van der Waals surface area contributed by atoms with Gasteiger partial charge in [-0.1, -0.05) is 0 Å². The average Bonchev–Trinajstić information content (AvgIpc) is 2.54. The Morgan fingerprint density at radius 3 is 2.47 bits per heavy atom. The van der Waals surface area contributed by atoms with E-state index in [4.69, 9.17) is 4.74 Å². The van der Waals surface area contributed by atoms with Gasteiger partial charge in [0.1, 0.15) is 0 Å². The van der Waals surface area contributed by atoms with Gasteiger partial charge in [-0.15, -0.1) is 0 Å². The van der Waals surface area contributed by atoms with Crippen molar-refractivity contribution in [2.45, 2.75) is 39.2 Å². The Labute approximate surface area is 117 Å². The van der Waals surface area contributed by atoms with Gasteiger partial charge in [-0.2, -0.15) is 0 Å². The van der Waals surface area contributed by atoms with E-state index in [2.05, 4.69) is 46.4 Å². The van der Waals surface area contributed by atoms with Crippen LogP contribution in [0.25, 0.3) is 0 Å². The minimum Gasteiger partial charge on any atom is -1.00 e. The molecule has 0 aromatic carbocycles. The van der Waals surface area contributed by atoms with Crippen LogP contribution in [0.2, 0.25) is 0 Å². The number of halogens is 2. The molecule has 1 aliphatic carbocycles. The van der Waals surface area contributed by atoms with Gasteiger partial charge in [0.2, 0.25) is 0 Å². The van der Waals surface area contributed by atoms with Gasteiger partial charge in [-0.25, -0.2) is 0 Å². The van der Waals surface area contributed by atoms with E-state index in [0.29, 0.717) is 6.10 Å². The standard InChI is InChI=1S/C11H17O.2ClH.Ti/c1-3-9-12-11(4-2)10-7-5-6-8-10;;;/h5,7,11H,3-4,6,9H2,1-2H3;2*1H;/q;;;+2/p-2. The Balaban J connectivity index is 0. The van der Waals surface area contributed by atoms with E-state index in [1.807, 2.05) is 0 Å². The smallest absolute Gasteiger partial charge is 1.00 e. The van der Waals surface area contributed by atoms with E-state index >= 15 is 0 Å². The number of hydrogen-bond acceptors (Lipinski definition) is 1. The maximum Gasteiger partial charge on any atom is -1.00 e. The second-order valence-corrected chi connectivity index (χ2v) is 4.25. The van der Waals surface area contributed by atoms with E-state index in [9.17, 15) is 0 Å². The maximum absolute atomic E-state index is 5.79. The van der Waals surface area contributed by atoms with Crippen molar-refractivity contribution >= 4 is 0 Å². The fourth-order valence-corrected chi connectivity index (χ4v) is 2.08. The molecule has 0 amide bonds. The molecular weight excluding hydrogens is 267 g/mol. The molecule has 0 spiro atoms. The monoisotopic (exact) mass is 283 g/mol. The second kappa shape index (κ2) is 9.92. The molecule has 1 nitrogen and oxygen atoms in total. The zero-order valence-corrected chi connectivity index (χ0v) is 12.3. The molecule has 15 heavy (non-hydrogen) atoms. The van der Waals surface area contributed by atoms with Crippen LogP contribution in [0.3, 0.4) is 0 Å². The third kappa shape index (κ3) is 5.56. The second-order valence-electron chi connectivity index (χ2n) is 3.31. The molecule has 0 fully saturated rings. The number of hydrogen-bond donors (Lipinski definition) is 0. The van der Waals surface area contributed by atoms with Crippen LogP contribution in [0.4, 0.5) is 0 Å². The zero-order chi connectivity index (χ0) is 9.68. The predicted octanol–water partition coefficient (Wildman–Crippen LogP) is -3.04. The summed E-state index contributed by atoms with van der Waals surface area (Å²) in [5.74, 6) is 0. The van der Waals surface area contributed by atoms with Crippen LogP contribution in [0, 0.1) is 0 Å². The van der Waals surface area contributed by atoms with E-state index in [-0.39, 0.29) is 24.8 Å². The first-order chi connectivity index (χ1) is 6.29. The summed E-state index contributed by atoms with van der Waals surface area (Å²) in [7, 11) is 0. The van der Waals surface area contributed by atoms with Crippen LogP contribution in [-0.4, -0.2) is 12.7 Å². The summed E-state index contributed by atoms with van der Waals surface area (Å²) in [6, 6.07) is 0. The van der Waals surface area contributed by atoms with Crippen molar-refractivity contribution in [2.24, 2.45) is 0 Å². The molecule has 1 unspecified atom stereocenters. The Bertz CT molecular complexity index is 227. The van der Waals surface area contributed by atoms with Crippen molar-refractivity contribution in [3.8, 4) is 0 Å². The summed E-state index contributed by atoms with van der Waals surface area (Å²) in [5, 5.41) is 0. The van der Waals surface area contributed by atoms with Gasteiger partial charge in [-0.05, 0) is 0 Å². The maximum atomic E-state index is 5.79. The fourth-order valence-electron chi connectivity index (χ4n) is 1.51. The van der Waals surface area contributed by atoms with Crippen LogP contribution >= 0.6 is 0 Å². The summed E-state index contributed by atoms with van der Waals surface area (Å²) in [5.41, 5.74) is 1.41. The SMILES string of the molecule is CCCOC(CC)C1=[C]([Ti+2])CC=C1.[Cl-].[Cl-]. The summed E-state index contributed by atoms with van der Waals surface area (Å²) in [6.45, 7) is 5.22. The summed E-state index contributed by atoms with van der Waals surface area (Å²) in [4.78, 5) is 0. The van der Waals surface area contributed by atoms with Crippen molar-refractivity contribution in [2.75, 3.05) is 6.61 Å². The van der Waals surface area contributed by atoms with E-state index in [0.717, 1.165) is 25.9 Å². The molecule has 0 aromatic rings. The van der Waals surface area contributed by atoms with Crippen molar-refractivity contribution in [1.29, 1.82) is 0 Å². The van der Waals surface area contributed by atoms with E-state index < -0.39 is 0 Å². The van der Waals surface area contributed by atoms with Crippen molar-refractivity contribution in [1.82, 2.24) is 0 Å². The van der Waals surface area contributed by atoms with Crippen LogP contribution in [0.1, 0.15) is 33.1 Å². The van der Waals surface area contributed by atoms with Crippen LogP contribution in [0.5, 0.6) is 0 Å². The van der Waals surface area contributed by atoms with Crippen molar-refractivity contribution in [3.63, 3.8) is 0 Å².